The van der Waals surface area contributed by atoms with E-state index < -0.39 is 0 Å². The molecule has 0 aromatic rings. The average molecular weight is 144 g/mol. The van der Waals surface area contributed by atoms with Crippen molar-refractivity contribution in [1.82, 2.24) is 0 Å². The maximum absolute atomic E-state index is 2.39. The van der Waals surface area contributed by atoms with Crippen molar-refractivity contribution in [1.29, 1.82) is 0 Å². The summed E-state index contributed by atoms with van der Waals surface area (Å²) in [5, 5.41) is 0.656. The second-order valence-electron chi connectivity index (χ2n) is 3.88. The molecule has 0 saturated heterocycles. The van der Waals surface area contributed by atoms with Crippen molar-refractivity contribution in [2.75, 3.05) is 0 Å². The molecule has 0 aromatic carbocycles. The fourth-order valence-electron chi connectivity index (χ4n) is 1.51. The third kappa shape index (κ3) is 3.04. The summed E-state index contributed by atoms with van der Waals surface area (Å²) in [4.78, 5) is 0. The molecule has 0 fully saturated rings. The number of hydrogen-bond acceptors (Lipinski definition) is 0. The SMILES string of the molecule is CC[SiH](CC)C(C)(C)C. The van der Waals surface area contributed by atoms with Crippen LogP contribution in [0.4, 0.5) is 0 Å². The lowest BCUT2D eigenvalue weighted by Gasteiger charge is -2.26. The van der Waals surface area contributed by atoms with Crippen molar-refractivity contribution in [3.8, 4) is 0 Å². The highest BCUT2D eigenvalue weighted by molar-refractivity contribution is 6.61. The fourth-order valence-corrected chi connectivity index (χ4v) is 4.54. The van der Waals surface area contributed by atoms with Gasteiger partial charge in [-0.05, 0) is 5.04 Å². The first-order valence-corrected chi connectivity index (χ1v) is 6.23. The summed E-state index contributed by atoms with van der Waals surface area (Å²) in [6.45, 7) is 11.8. The Morgan fingerprint density at radius 2 is 1.33 bits per heavy atom. The smallest absolute Gasteiger partial charge is 0.0417 e. The first-order chi connectivity index (χ1) is 4.02. The van der Waals surface area contributed by atoms with E-state index in [1.807, 2.05) is 0 Å². The van der Waals surface area contributed by atoms with Gasteiger partial charge in [-0.1, -0.05) is 46.7 Å². The second kappa shape index (κ2) is 3.40. The molecule has 0 N–H and O–H groups in total. The molecule has 0 heterocycles. The molecule has 0 aliphatic heterocycles. The van der Waals surface area contributed by atoms with Crippen molar-refractivity contribution < 1.29 is 0 Å². The van der Waals surface area contributed by atoms with E-state index in [4.69, 9.17) is 0 Å². The van der Waals surface area contributed by atoms with Crippen LogP contribution in [0.1, 0.15) is 34.6 Å². The van der Waals surface area contributed by atoms with Crippen LogP contribution in [0.3, 0.4) is 0 Å². The Labute approximate surface area is 61.3 Å². The van der Waals surface area contributed by atoms with Gasteiger partial charge in [-0.2, -0.15) is 0 Å². The van der Waals surface area contributed by atoms with Crippen molar-refractivity contribution in [2.24, 2.45) is 0 Å². The van der Waals surface area contributed by atoms with E-state index in [1.165, 1.54) is 12.1 Å². The van der Waals surface area contributed by atoms with E-state index in [1.54, 1.807) is 0 Å². The van der Waals surface area contributed by atoms with Crippen LogP contribution in [-0.2, 0) is 0 Å². The minimum atomic E-state index is -0.380. The Hall–Kier alpha value is 0.217. The van der Waals surface area contributed by atoms with Crippen LogP contribution in [0, 0.1) is 0 Å². The van der Waals surface area contributed by atoms with Gasteiger partial charge in [-0.15, -0.1) is 0 Å². The zero-order chi connectivity index (χ0) is 7.49. The van der Waals surface area contributed by atoms with Gasteiger partial charge >= 0.3 is 0 Å². The molecule has 0 saturated carbocycles. The molecule has 1 heteroatoms. The monoisotopic (exact) mass is 144 g/mol. The summed E-state index contributed by atoms with van der Waals surface area (Å²) in [5.41, 5.74) is 0. The molecule has 0 spiro atoms. The molecule has 0 atom stereocenters. The van der Waals surface area contributed by atoms with Crippen LogP contribution in [0.5, 0.6) is 0 Å². The lowest BCUT2D eigenvalue weighted by Crippen LogP contribution is -2.22. The first-order valence-electron chi connectivity index (χ1n) is 4.02. The molecular weight excluding hydrogens is 124 g/mol. The van der Waals surface area contributed by atoms with Gasteiger partial charge in [0.05, 0.1) is 0 Å². The Morgan fingerprint density at radius 1 is 1.00 bits per heavy atom. The zero-order valence-electron chi connectivity index (χ0n) is 7.49. The number of rotatable bonds is 2. The van der Waals surface area contributed by atoms with Crippen LogP contribution in [-0.4, -0.2) is 8.80 Å². The highest BCUT2D eigenvalue weighted by Crippen LogP contribution is 2.30. The van der Waals surface area contributed by atoms with E-state index in [-0.39, 0.29) is 8.80 Å². The zero-order valence-corrected chi connectivity index (χ0v) is 8.65. The highest BCUT2D eigenvalue weighted by atomic mass is 28.3. The normalized spacial score (nSPS) is 12.7. The molecular formula is C8H20Si. The fraction of sp³-hybridized carbons (Fsp3) is 1.00. The van der Waals surface area contributed by atoms with E-state index in [9.17, 15) is 0 Å². The second-order valence-corrected chi connectivity index (χ2v) is 8.64. The summed E-state index contributed by atoms with van der Waals surface area (Å²) >= 11 is 0. The molecule has 9 heavy (non-hydrogen) atoms. The summed E-state index contributed by atoms with van der Waals surface area (Å²) in [5.74, 6) is 0. The quantitative estimate of drug-likeness (QED) is 0.523. The van der Waals surface area contributed by atoms with Crippen molar-refractivity contribution in [3.63, 3.8) is 0 Å². The topological polar surface area (TPSA) is 0 Å². The minimum absolute atomic E-state index is 0.380. The largest absolute Gasteiger partial charge is 0.0680 e. The average Bonchev–Trinajstić information content (AvgIpc) is 1.65. The van der Waals surface area contributed by atoms with E-state index in [0.29, 0.717) is 5.04 Å². The third-order valence-electron chi connectivity index (χ3n) is 2.21. The van der Waals surface area contributed by atoms with Crippen molar-refractivity contribution in [3.05, 3.63) is 0 Å². The van der Waals surface area contributed by atoms with Crippen LogP contribution >= 0.6 is 0 Å². The van der Waals surface area contributed by atoms with Gasteiger partial charge in [0.15, 0.2) is 0 Å². The molecule has 0 nitrogen and oxygen atoms in total. The summed E-state index contributed by atoms with van der Waals surface area (Å²) in [7, 11) is -0.380. The number of hydrogen-bond donors (Lipinski definition) is 0. The van der Waals surface area contributed by atoms with E-state index in [0.717, 1.165) is 0 Å². The molecule has 0 bridgehead atoms. The molecule has 0 rings (SSSR count). The molecule has 0 aliphatic carbocycles. The lowest BCUT2D eigenvalue weighted by molar-refractivity contribution is 0.728. The first kappa shape index (κ1) is 9.22. The van der Waals surface area contributed by atoms with Crippen LogP contribution in [0.2, 0.25) is 17.1 Å². The Morgan fingerprint density at radius 3 is 1.33 bits per heavy atom. The summed E-state index contributed by atoms with van der Waals surface area (Å²) in [6.07, 6.45) is 0. The van der Waals surface area contributed by atoms with Crippen molar-refractivity contribution >= 4 is 8.80 Å². The molecule has 0 aromatic heterocycles. The molecule has 0 aliphatic rings. The van der Waals surface area contributed by atoms with Gasteiger partial charge in [-0.3, -0.25) is 0 Å². The standard InChI is InChI=1S/C8H20Si/c1-6-9(7-2)8(3,4)5/h9H,6-7H2,1-5H3. The van der Waals surface area contributed by atoms with Crippen LogP contribution in [0.15, 0.2) is 0 Å². The maximum Gasteiger partial charge on any atom is 0.0417 e. The predicted molar refractivity (Wildman–Crippen MR) is 47.8 cm³/mol. The Bertz CT molecular complexity index is 67.1. The van der Waals surface area contributed by atoms with Gasteiger partial charge < -0.3 is 0 Å². The lowest BCUT2D eigenvalue weighted by atomic mass is 10.2. The van der Waals surface area contributed by atoms with Gasteiger partial charge in [-0.25, -0.2) is 0 Å². The van der Waals surface area contributed by atoms with Crippen molar-refractivity contribution in [2.45, 2.75) is 51.7 Å². The Kier molecular flexibility index (Phi) is 3.48. The van der Waals surface area contributed by atoms with E-state index >= 15 is 0 Å². The molecule has 0 radical (unpaired) electrons. The molecule has 0 unspecified atom stereocenters. The van der Waals surface area contributed by atoms with Gasteiger partial charge in [0.25, 0.3) is 0 Å². The maximum atomic E-state index is 2.39. The predicted octanol–water partition coefficient (Wildman–Crippen LogP) is 3.05. The summed E-state index contributed by atoms with van der Waals surface area (Å²) < 4.78 is 0. The molecule has 56 valence electrons. The highest BCUT2D eigenvalue weighted by Gasteiger charge is 2.21. The minimum Gasteiger partial charge on any atom is -0.0680 e. The van der Waals surface area contributed by atoms with Gasteiger partial charge in [0.2, 0.25) is 0 Å². The van der Waals surface area contributed by atoms with Crippen LogP contribution < -0.4 is 0 Å². The molecule has 0 amide bonds. The summed E-state index contributed by atoms with van der Waals surface area (Å²) in [6, 6.07) is 2.92. The van der Waals surface area contributed by atoms with Gasteiger partial charge in [0.1, 0.15) is 0 Å². The van der Waals surface area contributed by atoms with E-state index in [2.05, 4.69) is 34.6 Å². The van der Waals surface area contributed by atoms with Gasteiger partial charge in [0, 0.05) is 8.80 Å². The third-order valence-corrected chi connectivity index (χ3v) is 6.63. The van der Waals surface area contributed by atoms with Crippen LogP contribution in [0.25, 0.3) is 0 Å². The Balaban J connectivity index is 3.79.